The molecule has 1 amide bonds. The SMILES string of the molecule is COC(=O)c1ccc(F)c(NC(=O)c2ccc3ccccc3c2)c1. The molecule has 120 valence electrons. The number of carbonyl (C=O) groups excluding carboxylic acids is 2. The van der Waals surface area contributed by atoms with Gasteiger partial charge in [0.15, 0.2) is 0 Å². The maximum absolute atomic E-state index is 13.9. The van der Waals surface area contributed by atoms with E-state index in [1.807, 2.05) is 30.3 Å². The lowest BCUT2D eigenvalue weighted by atomic mass is 10.1. The molecule has 0 fully saturated rings. The van der Waals surface area contributed by atoms with E-state index in [2.05, 4.69) is 10.1 Å². The van der Waals surface area contributed by atoms with Gasteiger partial charge in [0.2, 0.25) is 0 Å². The van der Waals surface area contributed by atoms with Gasteiger partial charge < -0.3 is 10.1 Å². The van der Waals surface area contributed by atoms with E-state index in [0.717, 1.165) is 16.8 Å². The zero-order valence-corrected chi connectivity index (χ0v) is 12.9. The van der Waals surface area contributed by atoms with Crippen LogP contribution in [0.5, 0.6) is 0 Å². The summed E-state index contributed by atoms with van der Waals surface area (Å²) >= 11 is 0. The molecule has 0 saturated heterocycles. The lowest BCUT2D eigenvalue weighted by Gasteiger charge is -2.09. The maximum Gasteiger partial charge on any atom is 0.337 e. The van der Waals surface area contributed by atoms with Crippen LogP contribution in [-0.2, 0) is 4.74 Å². The Hall–Kier alpha value is -3.21. The first-order valence-electron chi connectivity index (χ1n) is 7.26. The molecule has 5 heteroatoms. The van der Waals surface area contributed by atoms with Crippen LogP contribution in [0.3, 0.4) is 0 Å². The lowest BCUT2D eigenvalue weighted by molar-refractivity contribution is 0.0600. The van der Waals surface area contributed by atoms with Crippen LogP contribution < -0.4 is 5.32 Å². The molecule has 0 spiro atoms. The topological polar surface area (TPSA) is 55.4 Å². The summed E-state index contributed by atoms with van der Waals surface area (Å²) in [6, 6.07) is 16.5. The minimum absolute atomic E-state index is 0.0731. The summed E-state index contributed by atoms with van der Waals surface area (Å²) < 4.78 is 18.5. The molecular weight excluding hydrogens is 309 g/mol. The second-order valence-corrected chi connectivity index (χ2v) is 5.20. The summed E-state index contributed by atoms with van der Waals surface area (Å²) in [6.07, 6.45) is 0. The number of amides is 1. The Labute approximate surface area is 137 Å². The Morgan fingerprint density at radius 3 is 2.38 bits per heavy atom. The molecule has 0 bridgehead atoms. The molecule has 3 aromatic carbocycles. The first-order chi connectivity index (χ1) is 11.6. The molecule has 0 saturated carbocycles. The molecule has 0 aromatic heterocycles. The summed E-state index contributed by atoms with van der Waals surface area (Å²) in [5, 5.41) is 4.41. The van der Waals surface area contributed by atoms with E-state index in [4.69, 9.17) is 0 Å². The van der Waals surface area contributed by atoms with Crippen molar-refractivity contribution in [3.8, 4) is 0 Å². The zero-order chi connectivity index (χ0) is 17.1. The van der Waals surface area contributed by atoms with Crippen LogP contribution in [-0.4, -0.2) is 19.0 Å². The number of hydrogen-bond acceptors (Lipinski definition) is 3. The Morgan fingerprint density at radius 2 is 1.62 bits per heavy atom. The highest BCUT2D eigenvalue weighted by atomic mass is 19.1. The highest BCUT2D eigenvalue weighted by Gasteiger charge is 2.13. The Morgan fingerprint density at radius 1 is 0.917 bits per heavy atom. The number of ether oxygens (including phenoxy) is 1. The lowest BCUT2D eigenvalue weighted by Crippen LogP contribution is -2.14. The van der Waals surface area contributed by atoms with Crippen molar-refractivity contribution < 1.29 is 18.7 Å². The minimum atomic E-state index is -0.628. The van der Waals surface area contributed by atoms with Crippen molar-refractivity contribution in [2.24, 2.45) is 0 Å². The zero-order valence-electron chi connectivity index (χ0n) is 12.9. The number of rotatable bonds is 3. The largest absolute Gasteiger partial charge is 0.465 e. The fourth-order valence-corrected chi connectivity index (χ4v) is 2.39. The van der Waals surface area contributed by atoms with Crippen molar-refractivity contribution in [2.45, 2.75) is 0 Å². The number of halogens is 1. The number of esters is 1. The van der Waals surface area contributed by atoms with E-state index in [1.54, 1.807) is 12.1 Å². The first kappa shape index (κ1) is 15.7. The van der Waals surface area contributed by atoms with Gasteiger partial charge in [-0.05, 0) is 41.1 Å². The summed E-state index contributed by atoms with van der Waals surface area (Å²) in [5.41, 5.74) is 0.486. The number of fused-ring (bicyclic) bond motifs is 1. The quantitative estimate of drug-likeness (QED) is 0.741. The molecule has 0 radical (unpaired) electrons. The fraction of sp³-hybridized carbons (Fsp3) is 0.0526. The van der Waals surface area contributed by atoms with Crippen LogP contribution in [0.25, 0.3) is 10.8 Å². The van der Waals surface area contributed by atoms with Gasteiger partial charge in [-0.15, -0.1) is 0 Å². The molecule has 0 aliphatic rings. The molecule has 0 aliphatic heterocycles. The van der Waals surface area contributed by atoms with Crippen molar-refractivity contribution in [3.63, 3.8) is 0 Å². The van der Waals surface area contributed by atoms with Crippen molar-refractivity contribution in [1.82, 2.24) is 0 Å². The Kier molecular flexibility index (Phi) is 4.24. The molecule has 0 atom stereocenters. The Bertz CT molecular complexity index is 937. The van der Waals surface area contributed by atoms with E-state index >= 15 is 0 Å². The van der Waals surface area contributed by atoms with Gasteiger partial charge in [0.25, 0.3) is 5.91 Å². The van der Waals surface area contributed by atoms with Crippen LogP contribution >= 0.6 is 0 Å². The van der Waals surface area contributed by atoms with Crippen molar-refractivity contribution in [3.05, 3.63) is 77.6 Å². The monoisotopic (exact) mass is 323 g/mol. The second kappa shape index (κ2) is 6.50. The number of methoxy groups -OCH3 is 1. The summed E-state index contributed by atoms with van der Waals surface area (Å²) in [7, 11) is 1.24. The number of anilines is 1. The van der Waals surface area contributed by atoms with Crippen LogP contribution in [0.2, 0.25) is 0 Å². The number of benzene rings is 3. The average Bonchev–Trinajstić information content (AvgIpc) is 2.62. The third-order valence-corrected chi connectivity index (χ3v) is 3.65. The predicted octanol–water partition coefficient (Wildman–Crippen LogP) is 4.02. The van der Waals surface area contributed by atoms with Gasteiger partial charge in [-0.3, -0.25) is 4.79 Å². The summed E-state index contributed by atoms with van der Waals surface area (Å²) in [4.78, 5) is 23.9. The van der Waals surface area contributed by atoms with E-state index < -0.39 is 17.7 Å². The summed E-state index contributed by atoms with van der Waals surface area (Å²) in [6.45, 7) is 0. The first-order valence-corrected chi connectivity index (χ1v) is 7.26. The molecule has 0 heterocycles. The van der Waals surface area contributed by atoms with Crippen LogP contribution in [0.15, 0.2) is 60.7 Å². The smallest absolute Gasteiger partial charge is 0.337 e. The highest BCUT2D eigenvalue weighted by molar-refractivity contribution is 6.07. The van der Waals surface area contributed by atoms with Crippen LogP contribution in [0.4, 0.5) is 10.1 Å². The maximum atomic E-state index is 13.9. The summed E-state index contributed by atoms with van der Waals surface area (Å²) in [5.74, 6) is -1.69. The molecule has 24 heavy (non-hydrogen) atoms. The van der Waals surface area contributed by atoms with Gasteiger partial charge in [-0.2, -0.15) is 0 Å². The fourth-order valence-electron chi connectivity index (χ4n) is 2.39. The van der Waals surface area contributed by atoms with E-state index in [9.17, 15) is 14.0 Å². The van der Waals surface area contributed by atoms with Gasteiger partial charge in [0.05, 0.1) is 18.4 Å². The van der Waals surface area contributed by atoms with Gasteiger partial charge in [-0.1, -0.05) is 30.3 Å². The molecule has 4 nitrogen and oxygen atoms in total. The van der Waals surface area contributed by atoms with Crippen molar-refractivity contribution in [1.29, 1.82) is 0 Å². The van der Waals surface area contributed by atoms with Gasteiger partial charge >= 0.3 is 5.97 Å². The average molecular weight is 323 g/mol. The molecule has 0 unspecified atom stereocenters. The molecule has 3 rings (SSSR count). The molecule has 1 N–H and O–H groups in total. The van der Waals surface area contributed by atoms with Crippen LogP contribution in [0.1, 0.15) is 20.7 Å². The van der Waals surface area contributed by atoms with Crippen LogP contribution in [0, 0.1) is 5.82 Å². The van der Waals surface area contributed by atoms with Crippen molar-refractivity contribution in [2.75, 3.05) is 12.4 Å². The minimum Gasteiger partial charge on any atom is -0.465 e. The number of hydrogen-bond donors (Lipinski definition) is 1. The van der Waals surface area contributed by atoms with E-state index in [0.29, 0.717) is 5.56 Å². The highest BCUT2D eigenvalue weighted by Crippen LogP contribution is 2.20. The molecule has 3 aromatic rings. The normalized spacial score (nSPS) is 10.4. The van der Waals surface area contributed by atoms with Gasteiger partial charge in [0, 0.05) is 5.56 Å². The number of nitrogens with one attached hydrogen (secondary N) is 1. The standard InChI is InChI=1S/C19H14FNO3/c1-24-19(23)15-8-9-16(20)17(11-15)21-18(22)14-7-6-12-4-2-3-5-13(12)10-14/h2-11H,1H3,(H,21,22). The van der Waals surface area contributed by atoms with Crippen molar-refractivity contribution >= 4 is 28.3 Å². The second-order valence-electron chi connectivity index (χ2n) is 5.20. The predicted molar refractivity (Wildman–Crippen MR) is 89.6 cm³/mol. The van der Waals surface area contributed by atoms with Gasteiger partial charge in [-0.25, -0.2) is 9.18 Å². The third kappa shape index (κ3) is 3.10. The molecule has 0 aliphatic carbocycles. The Balaban J connectivity index is 1.89. The third-order valence-electron chi connectivity index (χ3n) is 3.65. The van der Waals surface area contributed by atoms with E-state index in [1.165, 1.54) is 19.2 Å². The van der Waals surface area contributed by atoms with Gasteiger partial charge in [0.1, 0.15) is 5.82 Å². The number of carbonyl (C=O) groups is 2. The molecular formula is C19H14FNO3. The van der Waals surface area contributed by atoms with E-state index in [-0.39, 0.29) is 11.3 Å².